The third kappa shape index (κ3) is 5.30. The van der Waals surface area contributed by atoms with Crippen LogP contribution in [0.5, 0.6) is 0 Å². The van der Waals surface area contributed by atoms with E-state index in [1.54, 1.807) is 18.2 Å². The summed E-state index contributed by atoms with van der Waals surface area (Å²) in [5.41, 5.74) is 4.96. The summed E-state index contributed by atoms with van der Waals surface area (Å²) in [6.45, 7) is 0. The van der Waals surface area contributed by atoms with Crippen molar-refractivity contribution in [2.24, 2.45) is 0 Å². The Bertz CT molecular complexity index is 320. The fourth-order valence-electron chi connectivity index (χ4n) is 0.669. The van der Waals surface area contributed by atoms with Crippen molar-refractivity contribution in [2.45, 2.75) is 0 Å². The van der Waals surface area contributed by atoms with Crippen molar-refractivity contribution >= 4 is 35.1 Å². The summed E-state index contributed by atoms with van der Waals surface area (Å²) < 4.78 is 0.0873. The van der Waals surface area contributed by atoms with Crippen LogP contribution in [-0.4, -0.2) is 15.2 Å². The first-order chi connectivity index (χ1) is 6.20. The van der Waals surface area contributed by atoms with Crippen LogP contribution in [0.1, 0.15) is 10.5 Å². The monoisotopic (exact) mass is 251 g/mol. The Kier molecular flexibility index (Phi) is 7.83. The molecule has 0 atom stereocenters. The topological polar surface area (TPSA) is 54.0 Å². The summed E-state index contributed by atoms with van der Waals surface area (Å²) in [7, 11) is 0. The van der Waals surface area contributed by atoms with Crippen molar-refractivity contribution in [1.29, 1.82) is 0 Å². The number of nitrogens with one attached hydrogen (secondary N) is 2. The van der Waals surface area contributed by atoms with E-state index in [1.807, 2.05) is 0 Å². The molecule has 1 aromatic heterocycles. The Morgan fingerprint density at radius 2 is 2.14 bits per heavy atom. The quantitative estimate of drug-likeness (QED) is 0.244. The Morgan fingerprint density at radius 3 is 2.64 bits per heavy atom. The zero-order chi connectivity index (χ0) is 9.68. The van der Waals surface area contributed by atoms with Crippen molar-refractivity contribution in [1.82, 2.24) is 15.8 Å². The van der Waals surface area contributed by atoms with Crippen molar-refractivity contribution in [3.05, 3.63) is 30.1 Å². The van der Waals surface area contributed by atoms with Crippen LogP contribution in [0.25, 0.3) is 0 Å². The minimum atomic E-state index is -0.368. The molecule has 1 amide bonds. The second kappa shape index (κ2) is 7.63. The van der Waals surface area contributed by atoms with E-state index >= 15 is 0 Å². The number of aromatic nitrogens is 1. The first kappa shape index (κ1) is 14.4. The number of thiocarbonyl (C=S) groups is 1. The maximum atomic E-state index is 11.2. The van der Waals surface area contributed by atoms with E-state index in [0.29, 0.717) is 5.69 Å². The second-order valence-corrected chi connectivity index (χ2v) is 3.16. The molecular formula is C7H6KN3OS2. The van der Waals surface area contributed by atoms with Crippen molar-refractivity contribution in [2.75, 3.05) is 0 Å². The van der Waals surface area contributed by atoms with E-state index in [9.17, 15) is 4.79 Å². The van der Waals surface area contributed by atoms with Gasteiger partial charge in [0, 0.05) is 6.20 Å². The standard InChI is InChI=1S/C7H7N3OS2.K/c11-6(9-10-7(12)13)5-3-1-2-4-8-5;/h1-4H,(H,9,11)(H2,10,12,13);/q;+1/p-1. The molecule has 0 radical (unpaired) electrons. The predicted molar refractivity (Wildman–Crippen MR) is 54.8 cm³/mol. The second-order valence-electron chi connectivity index (χ2n) is 2.08. The molecule has 0 saturated heterocycles. The van der Waals surface area contributed by atoms with Crippen molar-refractivity contribution in [3.8, 4) is 0 Å². The zero-order valence-electron chi connectivity index (χ0n) is 7.48. The smallest absolute Gasteiger partial charge is 0.410 e. The molecule has 14 heavy (non-hydrogen) atoms. The number of hydrazine groups is 1. The van der Waals surface area contributed by atoms with Gasteiger partial charge in [-0.25, -0.2) is 0 Å². The first-order valence-corrected chi connectivity index (χ1v) is 4.20. The molecule has 0 saturated carbocycles. The fourth-order valence-corrected chi connectivity index (χ4v) is 0.771. The summed E-state index contributed by atoms with van der Waals surface area (Å²) >= 11 is 9.06. The molecule has 0 spiro atoms. The maximum absolute atomic E-state index is 11.2. The predicted octanol–water partition coefficient (Wildman–Crippen LogP) is -2.85. The van der Waals surface area contributed by atoms with Gasteiger partial charge in [0.05, 0.1) is 0 Å². The van der Waals surface area contributed by atoms with Gasteiger partial charge in [-0.1, -0.05) is 6.07 Å². The van der Waals surface area contributed by atoms with Crippen LogP contribution in [0.2, 0.25) is 0 Å². The number of rotatable bonds is 1. The molecule has 0 aromatic carbocycles. The third-order valence-corrected chi connectivity index (χ3v) is 1.38. The van der Waals surface area contributed by atoms with E-state index in [4.69, 9.17) is 0 Å². The fraction of sp³-hybridized carbons (Fsp3) is 0. The number of hydrogen-bond donors (Lipinski definition) is 2. The molecule has 1 rings (SSSR count). The van der Waals surface area contributed by atoms with Crippen LogP contribution in [0.15, 0.2) is 24.4 Å². The summed E-state index contributed by atoms with van der Waals surface area (Å²) in [5.74, 6) is -0.368. The number of carbonyl (C=O) groups is 1. The average Bonchev–Trinajstić information content (AvgIpc) is 2.15. The summed E-state index contributed by atoms with van der Waals surface area (Å²) in [6.07, 6.45) is 1.53. The van der Waals surface area contributed by atoms with E-state index in [1.165, 1.54) is 6.20 Å². The zero-order valence-corrected chi connectivity index (χ0v) is 12.2. The summed E-state index contributed by atoms with van der Waals surface area (Å²) in [5, 5.41) is 0. The minimum absolute atomic E-state index is 0. The van der Waals surface area contributed by atoms with E-state index in [-0.39, 0.29) is 61.6 Å². The number of nitrogens with zero attached hydrogens (tertiary/aromatic N) is 1. The van der Waals surface area contributed by atoms with Gasteiger partial charge in [0.2, 0.25) is 0 Å². The Morgan fingerprint density at radius 1 is 1.43 bits per heavy atom. The molecule has 2 N–H and O–H groups in total. The van der Waals surface area contributed by atoms with Crippen molar-refractivity contribution < 1.29 is 56.2 Å². The Balaban J connectivity index is 0.00000169. The average molecular weight is 251 g/mol. The van der Waals surface area contributed by atoms with Crippen LogP contribution in [-0.2, 0) is 12.6 Å². The molecule has 68 valence electrons. The molecule has 4 nitrogen and oxygen atoms in total. The summed E-state index contributed by atoms with van der Waals surface area (Å²) in [4.78, 5) is 15.0. The molecule has 0 bridgehead atoms. The van der Waals surface area contributed by atoms with Gasteiger partial charge in [0.25, 0.3) is 5.91 Å². The van der Waals surface area contributed by atoms with Crippen molar-refractivity contribution in [3.63, 3.8) is 0 Å². The third-order valence-electron chi connectivity index (χ3n) is 1.18. The van der Waals surface area contributed by atoms with Gasteiger partial charge < -0.3 is 30.3 Å². The van der Waals surface area contributed by atoms with Crippen LogP contribution < -0.4 is 62.2 Å². The van der Waals surface area contributed by atoms with Gasteiger partial charge in [-0.15, -0.1) is 0 Å². The summed E-state index contributed by atoms with van der Waals surface area (Å²) in [6, 6.07) is 5.03. The number of amides is 1. The van der Waals surface area contributed by atoms with Gasteiger partial charge in [0.15, 0.2) is 0 Å². The normalized spacial score (nSPS) is 8.29. The molecule has 1 aromatic rings. The van der Waals surface area contributed by atoms with Crippen LogP contribution in [0.4, 0.5) is 0 Å². The molecule has 0 aliphatic carbocycles. The Labute approximate surface area is 135 Å². The molecule has 7 heteroatoms. The van der Waals surface area contributed by atoms with Crippen LogP contribution in [0.3, 0.4) is 0 Å². The molecule has 0 aliphatic rings. The Hall–Kier alpha value is 0.366. The molecule has 0 aliphatic heterocycles. The SMILES string of the molecule is O=C(NNC(=S)[S-])c1ccccn1.[K+]. The molecule has 0 unspecified atom stereocenters. The number of carbonyl (C=O) groups excluding carboxylic acids is 1. The molecular weight excluding hydrogens is 245 g/mol. The molecule has 1 heterocycles. The minimum Gasteiger partial charge on any atom is -0.410 e. The van der Waals surface area contributed by atoms with Crippen LogP contribution >= 0.6 is 12.2 Å². The van der Waals surface area contributed by atoms with E-state index in [2.05, 4.69) is 40.7 Å². The first-order valence-electron chi connectivity index (χ1n) is 3.38. The van der Waals surface area contributed by atoms with E-state index in [0.717, 1.165) is 0 Å². The number of pyridine rings is 1. The maximum Gasteiger partial charge on any atom is 1.00 e. The van der Waals surface area contributed by atoms with Gasteiger partial charge in [-0.3, -0.25) is 15.2 Å². The van der Waals surface area contributed by atoms with Gasteiger partial charge in [0.1, 0.15) is 5.69 Å². The van der Waals surface area contributed by atoms with Gasteiger partial charge in [-0.05, 0) is 16.5 Å². The van der Waals surface area contributed by atoms with Gasteiger partial charge in [-0.2, -0.15) is 0 Å². The number of hydrogen-bond acceptors (Lipinski definition) is 4. The van der Waals surface area contributed by atoms with Crippen LogP contribution in [0, 0.1) is 0 Å². The van der Waals surface area contributed by atoms with E-state index < -0.39 is 0 Å². The molecule has 0 fully saturated rings. The largest absolute Gasteiger partial charge is 1.00 e. The van der Waals surface area contributed by atoms with Gasteiger partial charge >= 0.3 is 51.4 Å².